The number of unbranched alkanes of at least 4 members (excludes halogenated alkanes) is 22. The van der Waals surface area contributed by atoms with Gasteiger partial charge in [0.05, 0.1) is 0 Å². The van der Waals surface area contributed by atoms with Crippen LogP contribution in [0.1, 0.15) is 278 Å². The Morgan fingerprint density at radius 1 is 0.266 bits per heavy atom. The molecule has 0 aliphatic carbocycles. The minimum Gasteiger partial charge on any atom is -0.462 e. The summed E-state index contributed by atoms with van der Waals surface area (Å²) in [5.41, 5.74) is 0. The van der Waals surface area contributed by atoms with Gasteiger partial charge in [-0.3, -0.25) is 14.4 Å². The molecule has 0 saturated heterocycles. The van der Waals surface area contributed by atoms with Gasteiger partial charge in [0, 0.05) is 19.3 Å². The minimum atomic E-state index is -0.802. The molecule has 0 spiro atoms. The highest BCUT2D eigenvalue weighted by atomic mass is 16.6. The first-order chi connectivity index (χ1) is 39.0. The molecule has 0 aromatic rings. The van der Waals surface area contributed by atoms with E-state index in [4.69, 9.17) is 14.2 Å². The van der Waals surface area contributed by atoms with E-state index in [-0.39, 0.29) is 31.1 Å². The molecule has 0 N–H and O–H groups in total. The van der Waals surface area contributed by atoms with Crippen LogP contribution in [-0.4, -0.2) is 37.2 Å². The lowest BCUT2D eigenvalue weighted by Crippen LogP contribution is -2.30. The van der Waals surface area contributed by atoms with Crippen LogP contribution in [0.3, 0.4) is 0 Å². The zero-order chi connectivity index (χ0) is 57.1. The van der Waals surface area contributed by atoms with Gasteiger partial charge in [0.15, 0.2) is 6.10 Å². The third-order valence-corrected chi connectivity index (χ3v) is 13.3. The fraction of sp³-hybridized carbons (Fsp3) is 0.630. The summed E-state index contributed by atoms with van der Waals surface area (Å²) in [5.74, 6) is -0.945. The third-order valence-electron chi connectivity index (χ3n) is 13.3. The van der Waals surface area contributed by atoms with Crippen LogP contribution in [0.5, 0.6) is 0 Å². The van der Waals surface area contributed by atoms with Crippen molar-refractivity contribution in [3.05, 3.63) is 146 Å². The van der Waals surface area contributed by atoms with Gasteiger partial charge in [-0.15, -0.1) is 0 Å². The smallest absolute Gasteiger partial charge is 0.306 e. The van der Waals surface area contributed by atoms with Gasteiger partial charge in [0.25, 0.3) is 0 Å². The lowest BCUT2D eigenvalue weighted by molar-refractivity contribution is -0.167. The van der Waals surface area contributed by atoms with Crippen LogP contribution in [0.4, 0.5) is 0 Å². The predicted molar refractivity (Wildman–Crippen MR) is 343 cm³/mol. The highest BCUT2D eigenvalue weighted by Crippen LogP contribution is 2.15. The van der Waals surface area contributed by atoms with Crippen molar-refractivity contribution in [3.63, 3.8) is 0 Å². The van der Waals surface area contributed by atoms with Crippen LogP contribution in [0, 0.1) is 0 Å². The summed E-state index contributed by atoms with van der Waals surface area (Å²) in [4.78, 5) is 38.2. The standard InChI is InChI=1S/C73H118O6/c1-4-7-10-13-16-19-21-23-25-27-29-31-33-35-36-38-39-41-43-45-47-49-51-54-57-60-63-66-72(75)78-69-70(68-77-71(74)65-62-59-56-53-18-15-12-9-6-3)79-73(76)67-64-61-58-55-52-50-48-46-44-42-40-37-34-32-30-28-26-24-22-20-17-14-11-8-5-2/h7-8,10-11,16-17,19-20,23-26,29-32,35-36,39,41,45,47,51,54,70H,4-6,9,12-15,18,21-22,27-28,33-34,37-38,40,42-44,46,48-50,52-53,55-69H2,1-3H3/b10-7-,11-8-,19-16-,20-17-,25-23-,26-24-,31-29-,32-30-,36-35-,41-39-,47-45-,54-51-. The average Bonchev–Trinajstić information content (AvgIpc) is 3.45. The largest absolute Gasteiger partial charge is 0.462 e. The fourth-order valence-electron chi connectivity index (χ4n) is 8.57. The van der Waals surface area contributed by atoms with E-state index < -0.39 is 6.10 Å². The lowest BCUT2D eigenvalue weighted by Gasteiger charge is -2.18. The van der Waals surface area contributed by atoms with E-state index in [9.17, 15) is 14.4 Å². The second-order valence-corrected chi connectivity index (χ2v) is 20.9. The Kier molecular flexibility index (Phi) is 61.9. The summed E-state index contributed by atoms with van der Waals surface area (Å²) < 4.78 is 16.8. The molecule has 0 radical (unpaired) electrons. The topological polar surface area (TPSA) is 78.9 Å². The van der Waals surface area contributed by atoms with Gasteiger partial charge in [-0.2, -0.15) is 0 Å². The number of allylic oxidation sites excluding steroid dienone is 24. The lowest BCUT2D eigenvalue weighted by atomic mass is 10.0. The molecule has 0 aromatic heterocycles. The molecular formula is C73H118O6. The number of esters is 3. The Balaban J connectivity index is 4.33. The van der Waals surface area contributed by atoms with E-state index >= 15 is 0 Å². The van der Waals surface area contributed by atoms with Gasteiger partial charge in [-0.1, -0.05) is 282 Å². The van der Waals surface area contributed by atoms with Crippen LogP contribution in [-0.2, 0) is 28.6 Å². The van der Waals surface area contributed by atoms with Crippen molar-refractivity contribution in [1.29, 1.82) is 0 Å². The average molecular weight is 1090 g/mol. The maximum Gasteiger partial charge on any atom is 0.306 e. The quantitative estimate of drug-likeness (QED) is 0.0261. The van der Waals surface area contributed by atoms with Crippen LogP contribution in [0.2, 0.25) is 0 Å². The Bertz CT molecular complexity index is 1730. The number of carbonyl (C=O) groups is 3. The van der Waals surface area contributed by atoms with Gasteiger partial charge in [-0.25, -0.2) is 0 Å². The van der Waals surface area contributed by atoms with Gasteiger partial charge >= 0.3 is 17.9 Å². The van der Waals surface area contributed by atoms with Crippen molar-refractivity contribution < 1.29 is 28.6 Å². The third kappa shape index (κ3) is 64.0. The molecule has 0 fully saturated rings. The molecule has 0 heterocycles. The summed E-state index contributed by atoms with van der Waals surface area (Å²) in [6.45, 7) is 6.36. The molecule has 0 rings (SSSR count). The summed E-state index contributed by atoms with van der Waals surface area (Å²) in [7, 11) is 0. The zero-order valence-corrected chi connectivity index (χ0v) is 51.1. The van der Waals surface area contributed by atoms with Crippen LogP contribution in [0.25, 0.3) is 0 Å². The van der Waals surface area contributed by atoms with Crippen molar-refractivity contribution in [2.45, 2.75) is 284 Å². The molecule has 0 aliphatic rings. The Labute approximate surface area is 487 Å². The van der Waals surface area contributed by atoms with E-state index in [1.54, 1.807) is 0 Å². The van der Waals surface area contributed by atoms with Crippen LogP contribution in [0.15, 0.2) is 146 Å². The Morgan fingerprint density at radius 2 is 0.494 bits per heavy atom. The van der Waals surface area contributed by atoms with Crippen molar-refractivity contribution in [2.24, 2.45) is 0 Å². The molecule has 0 aromatic carbocycles. The Hall–Kier alpha value is -4.71. The van der Waals surface area contributed by atoms with Crippen molar-refractivity contribution in [1.82, 2.24) is 0 Å². The van der Waals surface area contributed by atoms with E-state index in [1.807, 2.05) is 0 Å². The van der Waals surface area contributed by atoms with Crippen LogP contribution < -0.4 is 0 Å². The molecule has 79 heavy (non-hydrogen) atoms. The molecule has 0 amide bonds. The number of carbonyl (C=O) groups excluding carboxylic acids is 3. The molecule has 0 bridgehead atoms. The number of rotatable bonds is 57. The molecule has 446 valence electrons. The highest BCUT2D eigenvalue weighted by Gasteiger charge is 2.19. The first-order valence-electron chi connectivity index (χ1n) is 32.3. The van der Waals surface area contributed by atoms with Gasteiger partial charge in [0.1, 0.15) is 13.2 Å². The van der Waals surface area contributed by atoms with E-state index in [0.717, 1.165) is 128 Å². The molecular weight excluding hydrogens is 973 g/mol. The van der Waals surface area contributed by atoms with Gasteiger partial charge in [0.2, 0.25) is 0 Å². The summed E-state index contributed by atoms with van der Waals surface area (Å²) >= 11 is 0. The number of hydrogen-bond donors (Lipinski definition) is 0. The number of hydrogen-bond acceptors (Lipinski definition) is 6. The molecule has 6 heteroatoms. The first-order valence-corrected chi connectivity index (χ1v) is 32.3. The second kappa shape index (κ2) is 65.8. The monoisotopic (exact) mass is 1090 g/mol. The molecule has 0 saturated carbocycles. The maximum absolute atomic E-state index is 12.9. The molecule has 6 nitrogen and oxygen atoms in total. The van der Waals surface area contributed by atoms with Crippen LogP contribution >= 0.6 is 0 Å². The maximum atomic E-state index is 12.9. The summed E-state index contributed by atoms with van der Waals surface area (Å²) in [6, 6.07) is 0. The minimum absolute atomic E-state index is 0.0953. The fourth-order valence-corrected chi connectivity index (χ4v) is 8.57. The second-order valence-electron chi connectivity index (χ2n) is 20.9. The van der Waals surface area contributed by atoms with E-state index in [0.29, 0.717) is 25.7 Å². The predicted octanol–water partition coefficient (Wildman–Crippen LogP) is 22.3. The summed E-state index contributed by atoms with van der Waals surface area (Å²) in [5, 5.41) is 0. The highest BCUT2D eigenvalue weighted by molar-refractivity contribution is 5.71. The van der Waals surface area contributed by atoms with Gasteiger partial charge in [-0.05, 0) is 122 Å². The van der Waals surface area contributed by atoms with Crippen molar-refractivity contribution >= 4 is 17.9 Å². The molecule has 1 atom stereocenters. The first kappa shape index (κ1) is 74.3. The van der Waals surface area contributed by atoms with Gasteiger partial charge < -0.3 is 14.2 Å². The molecule has 0 aliphatic heterocycles. The SMILES string of the molecule is CC/C=C\C/C=C\C/C=C\C/C=C\C/C=C\C/C=C\C/C=C\C/C=C\CCCCC(=O)OCC(COC(=O)CCCCCCCCCCC)OC(=O)CCCCCCCCCCCCCC/C=C\C/C=C\C/C=C\C/C=C\CC. The zero-order valence-electron chi connectivity index (χ0n) is 51.1. The summed E-state index contributed by atoms with van der Waals surface area (Å²) in [6.07, 6.45) is 94.4. The van der Waals surface area contributed by atoms with E-state index in [2.05, 4.69) is 167 Å². The number of ether oxygens (including phenoxy) is 3. The van der Waals surface area contributed by atoms with E-state index in [1.165, 1.54) is 103 Å². The molecule has 1 unspecified atom stereocenters. The van der Waals surface area contributed by atoms with Crippen molar-refractivity contribution in [3.8, 4) is 0 Å². The Morgan fingerprint density at radius 3 is 0.797 bits per heavy atom. The van der Waals surface area contributed by atoms with Crippen molar-refractivity contribution in [2.75, 3.05) is 13.2 Å². The normalized spacial score (nSPS) is 13.1.